The molecule has 0 unspecified atom stereocenters. The summed E-state index contributed by atoms with van der Waals surface area (Å²) in [5.41, 5.74) is 1.09. The molecule has 0 bridgehead atoms. The molecule has 0 aliphatic carbocycles. The highest BCUT2D eigenvalue weighted by Gasteiger charge is 2.07. The lowest BCUT2D eigenvalue weighted by atomic mass is 10.3. The first-order valence-electron chi connectivity index (χ1n) is 6.05. The van der Waals surface area contributed by atoms with Crippen LogP contribution >= 0.6 is 15.9 Å². The summed E-state index contributed by atoms with van der Waals surface area (Å²) in [7, 11) is 1.64. The van der Waals surface area contributed by atoms with E-state index < -0.39 is 0 Å². The molecule has 0 amide bonds. The van der Waals surface area contributed by atoms with Crippen LogP contribution in [-0.2, 0) is 0 Å². The first kappa shape index (κ1) is 13.7. The molecule has 100 valence electrons. The molecule has 0 heterocycles. The van der Waals surface area contributed by atoms with Gasteiger partial charge in [-0.05, 0) is 40.2 Å². The molecule has 2 rings (SSSR count). The van der Waals surface area contributed by atoms with E-state index in [4.69, 9.17) is 9.47 Å². The Hall–Kier alpha value is -1.68. The van der Waals surface area contributed by atoms with Crippen LogP contribution in [0.1, 0.15) is 0 Å². The second kappa shape index (κ2) is 7.04. The van der Waals surface area contributed by atoms with E-state index in [-0.39, 0.29) is 0 Å². The predicted octanol–water partition coefficient (Wildman–Crippen LogP) is 3.95. The van der Waals surface area contributed by atoms with Gasteiger partial charge in [-0.15, -0.1) is 0 Å². The molecule has 3 nitrogen and oxygen atoms in total. The van der Waals surface area contributed by atoms with Gasteiger partial charge in [-0.1, -0.05) is 24.3 Å². The number of benzene rings is 2. The topological polar surface area (TPSA) is 30.5 Å². The fraction of sp³-hybridized carbons (Fsp3) is 0.200. The summed E-state index contributed by atoms with van der Waals surface area (Å²) < 4.78 is 11.9. The van der Waals surface area contributed by atoms with Gasteiger partial charge in [0.1, 0.15) is 6.61 Å². The third-order valence-electron chi connectivity index (χ3n) is 2.60. The predicted molar refractivity (Wildman–Crippen MR) is 81.1 cm³/mol. The molecule has 2 aromatic carbocycles. The van der Waals surface area contributed by atoms with Gasteiger partial charge in [-0.25, -0.2) is 0 Å². The standard InChI is InChI=1S/C15H16BrNO2/c1-18-14-9-5-8-13(16)15(14)19-11-10-17-12-6-3-2-4-7-12/h2-9,17H,10-11H2,1H3. The third kappa shape index (κ3) is 3.89. The molecule has 0 aliphatic heterocycles. The molecule has 1 N–H and O–H groups in total. The molecule has 0 spiro atoms. The van der Waals surface area contributed by atoms with Crippen molar-refractivity contribution in [3.8, 4) is 11.5 Å². The highest BCUT2D eigenvalue weighted by molar-refractivity contribution is 9.10. The van der Waals surface area contributed by atoms with E-state index in [9.17, 15) is 0 Å². The summed E-state index contributed by atoms with van der Waals surface area (Å²) in [5, 5.41) is 3.29. The Morgan fingerprint density at radius 2 is 1.84 bits per heavy atom. The van der Waals surface area contributed by atoms with Gasteiger partial charge in [0.25, 0.3) is 0 Å². The Morgan fingerprint density at radius 1 is 1.05 bits per heavy atom. The number of methoxy groups -OCH3 is 1. The van der Waals surface area contributed by atoms with E-state index in [0.717, 1.165) is 28.2 Å². The Balaban J connectivity index is 1.86. The summed E-state index contributed by atoms with van der Waals surface area (Å²) in [6.07, 6.45) is 0. The maximum atomic E-state index is 5.75. The van der Waals surface area contributed by atoms with Crippen molar-refractivity contribution in [3.63, 3.8) is 0 Å². The lowest BCUT2D eigenvalue weighted by Crippen LogP contribution is -2.12. The first-order chi connectivity index (χ1) is 9.31. The maximum absolute atomic E-state index is 5.75. The second-order valence-electron chi connectivity index (χ2n) is 3.91. The summed E-state index contributed by atoms with van der Waals surface area (Å²) in [6, 6.07) is 15.8. The normalized spacial score (nSPS) is 10.0. The summed E-state index contributed by atoms with van der Waals surface area (Å²) in [4.78, 5) is 0. The fourth-order valence-corrected chi connectivity index (χ4v) is 2.16. The van der Waals surface area contributed by atoms with E-state index in [1.54, 1.807) is 7.11 Å². The summed E-state index contributed by atoms with van der Waals surface area (Å²) >= 11 is 3.46. The van der Waals surface area contributed by atoms with Gasteiger partial charge >= 0.3 is 0 Å². The smallest absolute Gasteiger partial charge is 0.175 e. The van der Waals surface area contributed by atoms with Crippen LogP contribution in [0.25, 0.3) is 0 Å². The second-order valence-corrected chi connectivity index (χ2v) is 4.77. The molecular weight excluding hydrogens is 306 g/mol. The number of ether oxygens (including phenoxy) is 2. The van der Waals surface area contributed by atoms with Crippen LogP contribution in [0.2, 0.25) is 0 Å². The maximum Gasteiger partial charge on any atom is 0.175 e. The van der Waals surface area contributed by atoms with E-state index in [1.807, 2.05) is 48.5 Å². The Kier molecular flexibility index (Phi) is 5.10. The average molecular weight is 322 g/mol. The van der Waals surface area contributed by atoms with Crippen molar-refractivity contribution in [1.82, 2.24) is 0 Å². The van der Waals surface area contributed by atoms with E-state index >= 15 is 0 Å². The van der Waals surface area contributed by atoms with E-state index in [2.05, 4.69) is 21.2 Å². The van der Waals surface area contributed by atoms with Gasteiger partial charge in [0, 0.05) is 12.2 Å². The average Bonchev–Trinajstić information content (AvgIpc) is 2.46. The molecular formula is C15H16BrNO2. The number of hydrogen-bond acceptors (Lipinski definition) is 3. The fourth-order valence-electron chi connectivity index (χ4n) is 1.69. The van der Waals surface area contributed by atoms with Gasteiger partial charge in [0.2, 0.25) is 0 Å². The quantitative estimate of drug-likeness (QED) is 0.817. The monoisotopic (exact) mass is 321 g/mol. The van der Waals surface area contributed by atoms with E-state index in [1.165, 1.54) is 0 Å². The van der Waals surface area contributed by atoms with Gasteiger partial charge < -0.3 is 14.8 Å². The van der Waals surface area contributed by atoms with Crippen LogP contribution < -0.4 is 14.8 Å². The molecule has 19 heavy (non-hydrogen) atoms. The van der Waals surface area contributed by atoms with Crippen molar-refractivity contribution in [2.75, 3.05) is 25.6 Å². The van der Waals surface area contributed by atoms with Crippen LogP contribution in [0.4, 0.5) is 5.69 Å². The zero-order valence-electron chi connectivity index (χ0n) is 10.7. The van der Waals surface area contributed by atoms with Gasteiger partial charge in [0.05, 0.1) is 11.6 Å². The van der Waals surface area contributed by atoms with Crippen molar-refractivity contribution < 1.29 is 9.47 Å². The number of hydrogen-bond donors (Lipinski definition) is 1. The van der Waals surface area contributed by atoms with Crippen molar-refractivity contribution in [2.45, 2.75) is 0 Å². The SMILES string of the molecule is COc1cccc(Br)c1OCCNc1ccccc1. The molecule has 0 atom stereocenters. The van der Waals surface area contributed by atoms with E-state index in [0.29, 0.717) is 6.61 Å². The van der Waals surface area contributed by atoms with Crippen LogP contribution in [-0.4, -0.2) is 20.3 Å². The third-order valence-corrected chi connectivity index (χ3v) is 3.23. The van der Waals surface area contributed by atoms with Crippen molar-refractivity contribution >= 4 is 21.6 Å². The number of para-hydroxylation sites is 2. The largest absolute Gasteiger partial charge is 0.493 e. The van der Waals surface area contributed by atoms with Crippen molar-refractivity contribution in [2.24, 2.45) is 0 Å². The summed E-state index contributed by atoms with van der Waals surface area (Å²) in [6.45, 7) is 1.29. The van der Waals surface area contributed by atoms with Crippen molar-refractivity contribution in [1.29, 1.82) is 0 Å². The Morgan fingerprint density at radius 3 is 2.58 bits per heavy atom. The van der Waals surface area contributed by atoms with Crippen molar-refractivity contribution in [3.05, 3.63) is 53.0 Å². The molecule has 0 radical (unpaired) electrons. The molecule has 0 aromatic heterocycles. The molecule has 0 fully saturated rings. The van der Waals surface area contributed by atoms with Crippen LogP contribution in [0.5, 0.6) is 11.5 Å². The molecule has 0 aliphatic rings. The molecule has 2 aromatic rings. The highest BCUT2D eigenvalue weighted by atomic mass is 79.9. The Bertz CT molecular complexity index is 517. The number of nitrogens with one attached hydrogen (secondary N) is 1. The molecule has 0 saturated carbocycles. The minimum Gasteiger partial charge on any atom is -0.493 e. The minimum atomic E-state index is 0.563. The lowest BCUT2D eigenvalue weighted by molar-refractivity contribution is 0.304. The minimum absolute atomic E-state index is 0.563. The van der Waals surface area contributed by atoms with Crippen LogP contribution in [0.15, 0.2) is 53.0 Å². The molecule has 4 heteroatoms. The van der Waals surface area contributed by atoms with Crippen LogP contribution in [0.3, 0.4) is 0 Å². The zero-order chi connectivity index (χ0) is 13.5. The zero-order valence-corrected chi connectivity index (χ0v) is 12.3. The Labute approximate surface area is 121 Å². The summed E-state index contributed by atoms with van der Waals surface area (Å²) in [5.74, 6) is 1.47. The number of rotatable bonds is 6. The van der Waals surface area contributed by atoms with Gasteiger partial charge in [0.15, 0.2) is 11.5 Å². The van der Waals surface area contributed by atoms with Crippen LogP contribution in [0, 0.1) is 0 Å². The highest BCUT2D eigenvalue weighted by Crippen LogP contribution is 2.34. The van der Waals surface area contributed by atoms with Gasteiger partial charge in [-0.2, -0.15) is 0 Å². The lowest BCUT2D eigenvalue weighted by Gasteiger charge is -2.13. The number of halogens is 1. The first-order valence-corrected chi connectivity index (χ1v) is 6.85. The number of anilines is 1. The molecule has 0 saturated heterocycles. The van der Waals surface area contributed by atoms with Gasteiger partial charge in [-0.3, -0.25) is 0 Å².